The predicted octanol–water partition coefficient (Wildman–Crippen LogP) is 3.85. The van der Waals surface area contributed by atoms with Gasteiger partial charge in [-0.05, 0) is 29.7 Å². The summed E-state index contributed by atoms with van der Waals surface area (Å²) in [6, 6.07) is 8.48. The van der Waals surface area contributed by atoms with E-state index in [0.717, 1.165) is 5.12 Å². The fraction of sp³-hybridized carbons (Fsp3) is 0.522. The Morgan fingerprint density at radius 3 is 2.58 bits per heavy atom. The molecule has 0 aliphatic heterocycles. The minimum absolute atomic E-state index is 0.00171. The highest BCUT2D eigenvalue weighted by atomic mass is 19.3. The van der Waals surface area contributed by atoms with Crippen molar-refractivity contribution < 1.29 is 18.1 Å². The fourth-order valence-corrected chi connectivity index (χ4v) is 4.19. The van der Waals surface area contributed by atoms with E-state index in [4.69, 9.17) is 16.1 Å². The zero-order chi connectivity index (χ0) is 24.4. The second-order valence-electron chi connectivity index (χ2n) is 9.93. The molecule has 10 heteroatoms. The van der Waals surface area contributed by atoms with E-state index in [1.807, 2.05) is 0 Å². The summed E-state index contributed by atoms with van der Waals surface area (Å²) in [5.41, 5.74) is 7.85. The van der Waals surface area contributed by atoms with Crippen molar-refractivity contribution in [1.82, 2.24) is 10.3 Å². The normalized spacial score (nSPS) is 19.4. The van der Waals surface area contributed by atoms with Gasteiger partial charge < -0.3 is 10.3 Å². The number of amidine groups is 1. The summed E-state index contributed by atoms with van der Waals surface area (Å²) < 4.78 is 33.3. The van der Waals surface area contributed by atoms with Crippen LogP contribution in [-0.4, -0.2) is 35.0 Å². The maximum Gasteiger partial charge on any atom is 0.248 e. The minimum Gasteiger partial charge on any atom is -0.382 e. The van der Waals surface area contributed by atoms with Crippen LogP contribution in [0.3, 0.4) is 0 Å². The van der Waals surface area contributed by atoms with E-state index >= 15 is 0 Å². The average Bonchev–Trinajstić information content (AvgIpc) is 3.26. The van der Waals surface area contributed by atoms with Crippen molar-refractivity contribution in [3.8, 4) is 0 Å². The summed E-state index contributed by atoms with van der Waals surface area (Å²) in [6.45, 7) is 6.22. The topological polar surface area (TPSA) is 123 Å². The summed E-state index contributed by atoms with van der Waals surface area (Å²) in [6.07, 6.45) is 0.341. The monoisotopic (exact) mass is 462 g/mol. The van der Waals surface area contributed by atoms with Gasteiger partial charge in [0.15, 0.2) is 5.84 Å². The van der Waals surface area contributed by atoms with Crippen LogP contribution in [0.15, 0.2) is 40.0 Å². The molecule has 1 aromatic carbocycles. The van der Waals surface area contributed by atoms with E-state index in [1.165, 1.54) is 7.05 Å². The van der Waals surface area contributed by atoms with Gasteiger partial charge in [-0.15, -0.1) is 5.10 Å². The Labute approximate surface area is 192 Å². The van der Waals surface area contributed by atoms with Gasteiger partial charge in [0.1, 0.15) is 0 Å². The molecule has 3 rings (SSSR count). The average molecular weight is 463 g/mol. The van der Waals surface area contributed by atoms with Gasteiger partial charge in [-0.3, -0.25) is 10.1 Å². The molecule has 5 N–H and O–H groups in total. The third kappa shape index (κ3) is 6.74. The maximum atomic E-state index is 14.0. The molecule has 8 nitrogen and oxygen atoms in total. The predicted molar refractivity (Wildman–Crippen MR) is 122 cm³/mol. The number of amides is 1. The highest BCUT2D eigenvalue weighted by molar-refractivity contribution is 5.98. The van der Waals surface area contributed by atoms with E-state index in [9.17, 15) is 13.6 Å². The Bertz CT molecular complexity index is 995. The first-order valence-corrected chi connectivity index (χ1v) is 10.9. The van der Waals surface area contributed by atoms with E-state index in [0.29, 0.717) is 23.2 Å². The van der Waals surface area contributed by atoms with Gasteiger partial charge in [0.2, 0.25) is 17.7 Å². The van der Waals surface area contributed by atoms with Crippen molar-refractivity contribution in [2.75, 3.05) is 12.4 Å². The van der Waals surface area contributed by atoms with Crippen LogP contribution in [-0.2, 0) is 11.2 Å². The number of benzene rings is 1. The molecule has 1 aliphatic rings. The van der Waals surface area contributed by atoms with Crippen molar-refractivity contribution >= 4 is 17.6 Å². The third-order valence-electron chi connectivity index (χ3n) is 5.54. The molecule has 33 heavy (non-hydrogen) atoms. The summed E-state index contributed by atoms with van der Waals surface area (Å²) in [5.74, 6) is 1.42. The summed E-state index contributed by atoms with van der Waals surface area (Å²) in [5, 5.41) is 11.8. The van der Waals surface area contributed by atoms with Gasteiger partial charge in [0.05, 0.1) is 11.6 Å². The molecule has 1 heterocycles. The molecule has 0 spiro atoms. The first-order chi connectivity index (χ1) is 15.3. The SMILES string of the molecule is CN(N)/N=C(\N)c1ccc(C(C(=O)Nc2cc(CC(C)(C)C)no2)C2CCC(F)(F)C2)cc1. The number of rotatable bonds is 7. The van der Waals surface area contributed by atoms with Crippen LogP contribution in [0.2, 0.25) is 0 Å². The van der Waals surface area contributed by atoms with Crippen molar-refractivity contribution in [3.05, 3.63) is 47.2 Å². The number of hydrazone groups is 1. The Morgan fingerprint density at radius 1 is 1.36 bits per heavy atom. The second-order valence-corrected chi connectivity index (χ2v) is 9.93. The molecule has 1 amide bonds. The lowest BCUT2D eigenvalue weighted by molar-refractivity contribution is -0.119. The van der Waals surface area contributed by atoms with Gasteiger partial charge in [-0.2, -0.15) is 0 Å². The molecule has 180 valence electrons. The summed E-state index contributed by atoms with van der Waals surface area (Å²) in [4.78, 5) is 13.3. The number of hydrogen-bond acceptors (Lipinski definition) is 6. The molecular formula is C23H32F2N6O2. The standard InChI is InChI=1S/C23H32F2N6O2/c1-22(2,3)13-17-11-18(33-30-17)28-21(32)19(16-9-10-23(24,25)12-16)14-5-7-15(8-6-14)20(26)29-31(4)27/h5-8,11,16,19H,9-10,12-13,27H2,1-4H3,(H2,26,29)(H,28,32). The van der Waals surface area contributed by atoms with Gasteiger partial charge in [-0.25, -0.2) is 19.7 Å². The summed E-state index contributed by atoms with van der Waals surface area (Å²) in [7, 11) is 1.54. The zero-order valence-corrected chi connectivity index (χ0v) is 19.4. The highest BCUT2D eigenvalue weighted by Gasteiger charge is 2.45. The smallest absolute Gasteiger partial charge is 0.248 e. The number of carbonyl (C=O) groups is 1. The van der Waals surface area contributed by atoms with Crippen molar-refractivity contribution in [1.29, 1.82) is 0 Å². The van der Waals surface area contributed by atoms with Crippen molar-refractivity contribution in [3.63, 3.8) is 0 Å². The number of anilines is 1. The number of aromatic nitrogens is 1. The number of nitrogens with zero attached hydrogens (tertiary/aromatic N) is 3. The lowest BCUT2D eigenvalue weighted by Gasteiger charge is -2.23. The fourth-order valence-electron chi connectivity index (χ4n) is 4.19. The minimum atomic E-state index is -2.78. The van der Waals surface area contributed by atoms with E-state index in [-0.39, 0.29) is 36.4 Å². The number of hydrogen-bond donors (Lipinski definition) is 3. The Kier molecular flexibility index (Phi) is 7.06. The lowest BCUT2D eigenvalue weighted by Crippen LogP contribution is -2.28. The number of nitrogens with two attached hydrogens (primary N) is 2. The molecule has 0 bridgehead atoms. The first-order valence-electron chi connectivity index (χ1n) is 10.9. The number of carbonyl (C=O) groups excluding carboxylic acids is 1. The highest BCUT2D eigenvalue weighted by Crippen LogP contribution is 2.45. The number of nitrogens with one attached hydrogen (secondary N) is 1. The number of hydrazine groups is 1. The van der Waals surface area contributed by atoms with Crippen LogP contribution < -0.4 is 16.9 Å². The Balaban J connectivity index is 1.84. The largest absolute Gasteiger partial charge is 0.382 e. The summed E-state index contributed by atoms with van der Waals surface area (Å²) >= 11 is 0. The maximum absolute atomic E-state index is 14.0. The third-order valence-corrected chi connectivity index (χ3v) is 5.54. The van der Waals surface area contributed by atoms with Crippen LogP contribution in [0.5, 0.6) is 0 Å². The molecule has 0 saturated heterocycles. The van der Waals surface area contributed by atoms with Gasteiger partial charge in [0, 0.05) is 31.5 Å². The van der Waals surface area contributed by atoms with Crippen LogP contribution in [0, 0.1) is 11.3 Å². The van der Waals surface area contributed by atoms with Gasteiger partial charge in [-0.1, -0.05) is 50.2 Å². The molecule has 1 aromatic heterocycles. The van der Waals surface area contributed by atoms with Crippen LogP contribution in [0.25, 0.3) is 0 Å². The van der Waals surface area contributed by atoms with E-state index in [2.05, 4.69) is 36.3 Å². The Hall–Kier alpha value is -3.01. The van der Waals surface area contributed by atoms with Crippen LogP contribution in [0.1, 0.15) is 62.8 Å². The quantitative estimate of drug-likeness (QED) is 0.249. The number of alkyl halides is 2. The van der Waals surface area contributed by atoms with Crippen LogP contribution >= 0.6 is 0 Å². The van der Waals surface area contributed by atoms with Crippen molar-refractivity contribution in [2.45, 2.75) is 58.3 Å². The first kappa shape index (κ1) is 24.6. The molecular weight excluding hydrogens is 430 g/mol. The second kappa shape index (κ2) is 9.46. The van der Waals surface area contributed by atoms with Gasteiger partial charge in [0.25, 0.3) is 0 Å². The molecule has 2 aromatic rings. The zero-order valence-electron chi connectivity index (χ0n) is 19.4. The molecule has 1 saturated carbocycles. The van der Waals surface area contributed by atoms with E-state index in [1.54, 1.807) is 30.3 Å². The van der Waals surface area contributed by atoms with Crippen LogP contribution in [0.4, 0.5) is 14.7 Å². The van der Waals surface area contributed by atoms with E-state index < -0.39 is 23.7 Å². The van der Waals surface area contributed by atoms with Crippen molar-refractivity contribution in [2.24, 2.45) is 28.0 Å². The van der Waals surface area contributed by atoms with Gasteiger partial charge >= 0.3 is 0 Å². The molecule has 2 atom stereocenters. The molecule has 0 radical (unpaired) electrons. The molecule has 1 fully saturated rings. The Morgan fingerprint density at radius 2 is 2.03 bits per heavy atom. The number of halogens is 2. The molecule has 2 unspecified atom stereocenters. The molecule has 1 aliphatic carbocycles. The lowest BCUT2D eigenvalue weighted by atomic mass is 9.83.